The number of rotatable bonds is 12. The minimum Gasteiger partial charge on any atom is -0.481 e. The van der Waals surface area contributed by atoms with Gasteiger partial charge in [0.2, 0.25) is 11.8 Å². The van der Waals surface area contributed by atoms with Gasteiger partial charge in [0.05, 0.1) is 34.1 Å². The van der Waals surface area contributed by atoms with Crippen molar-refractivity contribution in [2.45, 2.75) is 70.1 Å². The number of methoxy groups -OCH3 is 1. The first-order chi connectivity index (χ1) is 24.4. The van der Waals surface area contributed by atoms with Gasteiger partial charge in [-0.2, -0.15) is 13.2 Å². The SMILES string of the molecule is COc1nc(-c2cccc(-c3cccc(-c4cc(C(F)(F)F)c(CCC[C@@H]5CCC(=O)N5)c(Cl)n4)c3Cl)c2Cl)ccc1CNC[C@@H]1CCC(=O)C1. The van der Waals surface area contributed by atoms with E-state index in [9.17, 15) is 22.8 Å². The number of nitrogens with zero attached hydrogens (tertiary/aromatic N) is 2. The summed E-state index contributed by atoms with van der Waals surface area (Å²) in [6.07, 6.45) is -0.434. The summed E-state index contributed by atoms with van der Waals surface area (Å²) in [6, 6.07) is 15.1. The Labute approximate surface area is 309 Å². The highest BCUT2D eigenvalue weighted by Gasteiger charge is 2.36. The van der Waals surface area contributed by atoms with Crippen molar-refractivity contribution in [2.24, 2.45) is 5.92 Å². The molecule has 1 saturated heterocycles. The van der Waals surface area contributed by atoms with Crippen LogP contribution < -0.4 is 15.4 Å². The molecule has 7 nitrogen and oxygen atoms in total. The van der Waals surface area contributed by atoms with E-state index in [1.807, 2.05) is 18.2 Å². The van der Waals surface area contributed by atoms with Crippen molar-refractivity contribution in [1.82, 2.24) is 20.6 Å². The fraction of sp³-hybridized carbons (Fsp3) is 0.368. The number of halogens is 6. The molecule has 6 rings (SSSR count). The zero-order valence-corrected chi connectivity index (χ0v) is 30.1. The van der Waals surface area contributed by atoms with E-state index in [1.165, 1.54) is 0 Å². The quantitative estimate of drug-likeness (QED) is 0.140. The minimum atomic E-state index is -4.68. The van der Waals surface area contributed by atoms with Crippen molar-refractivity contribution in [3.05, 3.63) is 86.5 Å². The molecular weight excluding hydrogens is 724 g/mol. The minimum absolute atomic E-state index is 0.0200. The van der Waals surface area contributed by atoms with Crippen molar-refractivity contribution < 1.29 is 27.5 Å². The molecule has 13 heteroatoms. The molecule has 1 aliphatic heterocycles. The number of hydrogen-bond donors (Lipinski definition) is 2. The monoisotopic (exact) mass is 758 g/mol. The average molecular weight is 760 g/mol. The molecule has 268 valence electrons. The van der Waals surface area contributed by atoms with Crippen LogP contribution >= 0.6 is 34.8 Å². The van der Waals surface area contributed by atoms with E-state index in [2.05, 4.69) is 15.6 Å². The maximum atomic E-state index is 14.4. The van der Waals surface area contributed by atoms with Gasteiger partial charge in [0, 0.05) is 65.2 Å². The fourth-order valence-electron chi connectivity index (χ4n) is 6.87. The Morgan fingerprint density at radius 3 is 2.20 bits per heavy atom. The molecule has 4 aromatic rings. The number of ketones is 1. The number of carbonyl (C=O) groups excluding carboxylic acids is 2. The van der Waals surface area contributed by atoms with E-state index >= 15 is 0 Å². The van der Waals surface area contributed by atoms with Crippen molar-refractivity contribution in [2.75, 3.05) is 13.7 Å². The Bertz CT molecular complexity index is 1960. The van der Waals surface area contributed by atoms with Gasteiger partial charge >= 0.3 is 6.18 Å². The van der Waals surface area contributed by atoms with Crippen LogP contribution in [0.2, 0.25) is 15.2 Å². The Hall–Kier alpha value is -3.70. The predicted molar refractivity (Wildman–Crippen MR) is 193 cm³/mol. The highest BCUT2D eigenvalue weighted by molar-refractivity contribution is 6.39. The van der Waals surface area contributed by atoms with Crippen LogP contribution in [0, 0.1) is 5.92 Å². The number of nitrogens with one attached hydrogen (secondary N) is 2. The molecule has 1 saturated carbocycles. The second kappa shape index (κ2) is 15.9. The van der Waals surface area contributed by atoms with E-state index in [4.69, 9.17) is 44.5 Å². The molecule has 1 amide bonds. The highest BCUT2D eigenvalue weighted by atomic mass is 35.5. The molecule has 0 unspecified atom stereocenters. The number of benzene rings is 2. The molecule has 2 aromatic heterocycles. The van der Waals surface area contributed by atoms with Crippen molar-refractivity contribution >= 4 is 46.5 Å². The smallest absolute Gasteiger partial charge is 0.416 e. The third kappa shape index (κ3) is 8.52. The van der Waals surface area contributed by atoms with Gasteiger partial charge in [-0.1, -0.05) is 77.3 Å². The molecular formula is C38H36Cl3F3N4O3. The van der Waals surface area contributed by atoms with Crippen LogP contribution in [0.5, 0.6) is 5.88 Å². The third-order valence-corrected chi connectivity index (χ3v) is 10.6. The van der Waals surface area contributed by atoms with Gasteiger partial charge in [-0.25, -0.2) is 9.97 Å². The molecule has 0 bridgehead atoms. The lowest BCUT2D eigenvalue weighted by molar-refractivity contribution is -0.138. The maximum Gasteiger partial charge on any atom is 0.416 e. The first-order valence-electron chi connectivity index (χ1n) is 16.8. The van der Waals surface area contributed by atoms with Crippen LogP contribution in [-0.2, 0) is 28.7 Å². The summed E-state index contributed by atoms with van der Waals surface area (Å²) in [4.78, 5) is 32.2. The van der Waals surface area contributed by atoms with Crippen LogP contribution in [-0.4, -0.2) is 41.4 Å². The summed E-state index contributed by atoms with van der Waals surface area (Å²) in [5, 5.41) is 6.50. The average Bonchev–Trinajstić information content (AvgIpc) is 3.72. The normalized spacial score (nSPS) is 17.6. The predicted octanol–water partition coefficient (Wildman–Crippen LogP) is 9.53. The molecule has 3 heterocycles. The standard InChI is InChI=1S/C38H36Cl3F3N4O3/c1-51-37-22(20-45-19-21-11-14-24(49)17-21)12-15-31(48-37)28-9-3-6-25(34(28)39)26-7-4-10-29(35(26)40)32-18-30(38(42,43)44)27(36(41)47-32)8-2-5-23-13-16-33(50)46-23/h3-4,6-7,9-10,12,15,18,21,23,45H,2,5,8,11,13-14,16-17,19-20H2,1H3,(H,46,50)/t21-,23-/m1/s1. The number of ether oxygens (including phenoxy) is 1. The van der Waals surface area contributed by atoms with Gasteiger partial charge in [0.15, 0.2) is 0 Å². The number of amides is 1. The maximum absolute atomic E-state index is 14.4. The van der Waals surface area contributed by atoms with Gasteiger partial charge in [-0.3, -0.25) is 9.59 Å². The van der Waals surface area contributed by atoms with E-state index in [0.29, 0.717) is 90.1 Å². The lowest BCUT2D eigenvalue weighted by atomic mass is 9.96. The largest absolute Gasteiger partial charge is 0.481 e. The Morgan fingerprint density at radius 2 is 1.59 bits per heavy atom. The summed E-state index contributed by atoms with van der Waals surface area (Å²) in [6.45, 7) is 1.25. The number of Topliss-reactive ketones (excluding diaryl/α,β-unsaturated/α-hetero) is 1. The van der Waals surface area contributed by atoms with Crippen LogP contribution in [0.25, 0.3) is 33.6 Å². The molecule has 2 N–H and O–H groups in total. The van der Waals surface area contributed by atoms with E-state index < -0.39 is 11.7 Å². The first kappa shape index (κ1) is 37.1. The van der Waals surface area contributed by atoms with Crippen molar-refractivity contribution in [3.8, 4) is 39.5 Å². The molecule has 0 radical (unpaired) electrons. The molecule has 2 atom stereocenters. The number of pyridine rings is 2. The van der Waals surface area contributed by atoms with Gasteiger partial charge < -0.3 is 15.4 Å². The first-order valence-corrected chi connectivity index (χ1v) is 18.0. The fourth-order valence-corrected chi connectivity index (χ4v) is 7.81. The molecule has 0 spiro atoms. The zero-order valence-electron chi connectivity index (χ0n) is 27.8. The molecule has 2 aliphatic rings. The van der Waals surface area contributed by atoms with Crippen LogP contribution in [0.3, 0.4) is 0 Å². The van der Waals surface area contributed by atoms with Crippen molar-refractivity contribution in [3.63, 3.8) is 0 Å². The second-order valence-corrected chi connectivity index (χ2v) is 14.1. The number of carbonyl (C=O) groups is 2. The zero-order chi connectivity index (χ0) is 36.3. The highest BCUT2D eigenvalue weighted by Crippen LogP contribution is 2.44. The summed E-state index contributed by atoms with van der Waals surface area (Å²) in [7, 11) is 1.54. The topological polar surface area (TPSA) is 93.2 Å². The Kier molecular flexibility index (Phi) is 11.6. The Morgan fingerprint density at radius 1 is 0.902 bits per heavy atom. The molecule has 2 aromatic carbocycles. The van der Waals surface area contributed by atoms with Gasteiger partial charge in [-0.05, 0) is 56.7 Å². The van der Waals surface area contributed by atoms with E-state index in [-0.39, 0.29) is 45.4 Å². The summed E-state index contributed by atoms with van der Waals surface area (Å²) < 4.78 is 48.8. The lowest BCUT2D eigenvalue weighted by Crippen LogP contribution is -2.25. The van der Waals surface area contributed by atoms with Gasteiger partial charge in [-0.15, -0.1) is 0 Å². The Balaban J connectivity index is 1.26. The van der Waals surface area contributed by atoms with Crippen LogP contribution in [0.15, 0.2) is 54.6 Å². The second-order valence-electron chi connectivity index (χ2n) is 13.0. The van der Waals surface area contributed by atoms with Crippen LogP contribution in [0.4, 0.5) is 13.2 Å². The van der Waals surface area contributed by atoms with Gasteiger partial charge in [0.1, 0.15) is 10.9 Å². The third-order valence-electron chi connectivity index (χ3n) is 9.51. The number of alkyl halides is 3. The van der Waals surface area contributed by atoms with Crippen LogP contribution in [0.1, 0.15) is 61.6 Å². The van der Waals surface area contributed by atoms with Gasteiger partial charge in [0.25, 0.3) is 0 Å². The number of aromatic nitrogens is 2. The molecule has 2 fully saturated rings. The van der Waals surface area contributed by atoms with Crippen molar-refractivity contribution in [1.29, 1.82) is 0 Å². The summed E-state index contributed by atoms with van der Waals surface area (Å²) in [5.74, 6) is 1.03. The van der Waals surface area contributed by atoms with E-state index in [0.717, 1.165) is 24.6 Å². The molecule has 1 aliphatic carbocycles. The lowest BCUT2D eigenvalue weighted by Gasteiger charge is -2.18. The molecule has 51 heavy (non-hydrogen) atoms. The van der Waals surface area contributed by atoms with E-state index in [1.54, 1.807) is 37.4 Å². The number of hydrogen-bond acceptors (Lipinski definition) is 6. The summed E-state index contributed by atoms with van der Waals surface area (Å²) >= 11 is 20.4. The summed E-state index contributed by atoms with van der Waals surface area (Å²) in [5.41, 5.74) is 2.36.